The molecule has 34 heavy (non-hydrogen) atoms. The van der Waals surface area contributed by atoms with Gasteiger partial charge in [0.2, 0.25) is 0 Å². The molecule has 0 aromatic carbocycles. The number of carbonyl (C=O) groups excluding carboxylic acids is 1. The van der Waals surface area contributed by atoms with Crippen molar-refractivity contribution < 1.29 is 29.2 Å². The Labute approximate surface area is 205 Å². The molecule has 1 spiro atoms. The van der Waals surface area contributed by atoms with E-state index in [2.05, 4.69) is 19.1 Å². The summed E-state index contributed by atoms with van der Waals surface area (Å²) in [6, 6.07) is 0. The highest BCUT2D eigenvalue weighted by atomic mass is 16.7. The number of aliphatic hydroxyl groups is 2. The highest BCUT2D eigenvalue weighted by Gasteiger charge is 2.53. The second-order valence-electron chi connectivity index (χ2n) is 10.4. The maximum atomic E-state index is 11.5. The number of rotatable bonds is 15. The summed E-state index contributed by atoms with van der Waals surface area (Å²) in [4.78, 5) is 11.5. The zero-order chi connectivity index (χ0) is 24.2. The Kier molecular flexibility index (Phi) is 11.6. The van der Waals surface area contributed by atoms with Crippen molar-refractivity contribution in [2.45, 2.75) is 146 Å². The molecular weight excluding hydrogens is 432 g/mol. The molecule has 0 saturated carbocycles. The maximum absolute atomic E-state index is 11.5. The lowest BCUT2D eigenvalue weighted by molar-refractivity contribution is -0.285. The molecule has 3 aliphatic heterocycles. The molecule has 0 aromatic heterocycles. The second-order valence-corrected chi connectivity index (χ2v) is 10.4. The zero-order valence-corrected chi connectivity index (χ0v) is 21.0. The number of aliphatic hydroxyl groups excluding tert-OH is 2. The van der Waals surface area contributed by atoms with Crippen molar-refractivity contribution in [1.82, 2.24) is 0 Å². The van der Waals surface area contributed by atoms with Gasteiger partial charge >= 0.3 is 5.97 Å². The first-order chi connectivity index (χ1) is 16.5. The van der Waals surface area contributed by atoms with E-state index < -0.39 is 18.0 Å². The van der Waals surface area contributed by atoms with Crippen molar-refractivity contribution in [2.24, 2.45) is 0 Å². The highest BCUT2D eigenvalue weighted by Crippen LogP contribution is 2.44. The van der Waals surface area contributed by atoms with E-state index >= 15 is 0 Å². The molecule has 2 N–H and O–H groups in total. The van der Waals surface area contributed by atoms with Crippen molar-refractivity contribution in [3.05, 3.63) is 24.3 Å². The Bertz CT molecular complexity index is 661. The third-order valence-electron chi connectivity index (χ3n) is 7.23. The van der Waals surface area contributed by atoms with Crippen molar-refractivity contribution in [2.75, 3.05) is 0 Å². The fraction of sp³-hybridized carbons (Fsp3) is 0.821. The quantitative estimate of drug-likeness (QED) is 0.184. The van der Waals surface area contributed by atoms with E-state index in [1.165, 1.54) is 57.4 Å². The van der Waals surface area contributed by atoms with Crippen LogP contribution in [0.15, 0.2) is 24.3 Å². The zero-order valence-electron chi connectivity index (χ0n) is 21.0. The van der Waals surface area contributed by atoms with Gasteiger partial charge in [-0.1, -0.05) is 70.4 Å². The van der Waals surface area contributed by atoms with Crippen LogP contribution in [0.25, 0.3) is 0 Å². The predicted molar refractivity (Wildman–Crippen MR) is 132 cm³/mol. The molecule has 2 fully saturated rings. The van der Waals surface area contributed by atoms with Crippen molar-refractivity contribution in [3.63, 3.8) is 0 Å². The van der Waals surface area contributed by atoms with Crippen LogP contribution in [0.1, 0.15) is 110 Å². The van der Waals surface area contributed by atoms with Gasteiger partial charge in [-0.15, -0.1) is 0 Å². The Morgan fingerprint density at radius 2 is 1.74 bits per heavy atom. The summed E-state index contributed by atoms with van der Waals surface area (Å²) in [7, 11) is 0. The summed E-state index contributed by atoms with van der Waals surface area (Å²) >= 11 is 0. The predicted octanol–water partition coefficient (Wildman–Crippen LogP) is 5.50. The molecule has 6 nitrogen and oxygen atoms in total. The summed E-state index contributed by atoms with van der Waals surface area (Å²) in [6.07, 6.45) is 22.0. The number of fused-ring (bicyclic) bond motifs is 1. The number of hydrogen-bond donors (Lipinski definition) is 2. The average molecular weight is 479 g/mol. The second kappa shape index (κ2) is 14.4. The lowest BCUT2D eigenvalue weighted by Crippen LogP contribution is -2.47. The average Bonchev–Trinajstić information content (AvgIpc) is 3.12. The van der Waals surface area contributed by atoms with Gasteiger partial charge in [0, 0.05) is 18.9 Å². The molecule has 2 saturated heterocycles. The molecule has 0 aliphatic carbocycles. The number of hydrogen-bond acceptors (Lipinski definition) is 6. The van der Waals surface area contributed by atoms with Crippen molar-refractivity contribution in [3.8, 4) is 0 Å². The van der Waals surface area contributed by atoms with Crippen LogP contribution in [-0.4, -0.2) is 52.5 Å². The number of carbonyl (C=O) groups is 1. The number of allylic oxidation sites excluding steroid dienone is 2. The van der Waals surface area contributed by atoms with Gasteiger partial charge in [-0.2, -0.15) is 0 Å². The minimum atomic E-state index is -0.932. The van der Waals surface area contributed by atoms with Gasteiger partial charge in [-0.25, -0.2) is 4.79 Å². The molecule has 0 radical (unpaired) electrons. The van der Waals surface area contributed by atoms with Crippen LogP contribution in [0.3, 0.4) is 0 Å². The fourth-order valence-electron chi connectivity index (χ4n) is 5.51. The Balaban J connectivity index is 1.23. The van der Waals surface area contributed by atoms with Crippen LogP contribution >= 0.6 is 0 Å². The lowest BCUT2D eigenvalue weighted by atomic mass is 9.92. The van der Waals surface area contributed by atoms with Crippen molar-refractivity contribution >= 4 is 5.97 Å². The molecule has 3 aliphatic rings. The Morgan fingerprint density at radius 3 is 2.47 bits per heavy atom. The molecule has 194 valence electrons. The monoisotopic (exact) mass is 478 g/mol. The van der Waals surface area contributed by atoms with Gasteiger partial charge in [0.05, 0.1) is 18.3 Å². The Morgan fingerprint density at radius 1 is 1.03 bits per heavy atom. The lowest BCUT2D eigenvalue weighted by Gasteiger charge is -2.40. The van der Waals surface area contributed by atoms with Crippen molar-refractivity contribution in [1.29, 1.82) is 0 Å². The van der Waals surface area contributed by atoms with Crippen LogP contribution < -0.4 is 0 Å². The third kappa shape index (κ3) is 9.10. The number of ether oxygens (including phenoxy) is 3. The van der Waals surface area contributed by atoms with Crippen LogP contribution in [0.2, 0.25) is 0 Å². The first-order valence-corrected chi connectivity index (χ1v) is 13.8. The normalized spacial score (nSPS) is 31.8. The molecular formula is C28H46O6. The van der Waals surface area contributed by atoms with Gasteiger partial charge in [0.1, 0.15) is 12.2 Å². The summed E-state index contributed by atoms with van der Waals surface area (Å²) in [6.45, 7) is 2.18. The van der Waals surface area contributed by atoms with Gasteiger partial charge in [0.25, 0.3) is 0 Å². The van der Waals surface area contributed by atoms with E-state index in [0.29, 0.717) is 25.7 Å². The van der Waals surface area contributed by atoms with E-state index in [-0.39, 0.29) is 24.3 Å². The largest absolute Gasteiger partial charge is 0.456 e. The SMILES string of the molecule is CC/C=C/CCCCCCCCCCC[C@H](O)C[C@H]1C[C@H](O)C[C@@]2(C[C@@H]3OC(=O)C=C[C@@H]3O2)O1. The summed E-state index contributed by atoms with van der Waals surface area (Å²) in [5, 5.41) is 21.0. The summed E-state index contributed by atoms with van der Waals surface area (Å²) in [5.41, 5.74) is 0. The minimum absolute atomic E-state index is 0.254. The molecule has 6 atom stereocenters. The molecule has 3 rings (SSSR count). The fourth-order valence-corrected chi connectivity index (χ4v) is 5.51. The van der Waals surface area contributed by atoms with E-state index in [4.69, 9.17) is 14.2 Å². The standard InChI is InChI=1S/C28H46O6/c1-2-3-4-5-6-7-8-9-10-11-12-13-14-15-22(29)18-24-19-23(30)20-28(33-24)21-26-25(34-28)16-17-27(31)32-26/h3-4,16-17,22-26,29-30H,2,5-15,18-21H2,1H3/b4-3+/t22-,23-,24-,25-,26-,28+/m0/s1. The smallest absolute Gasteiger partial charge is 0.330 e. The number of esters is 1. The van der Waals surface area contributed by atoms with E-state index in [9.17, 15) is 15.0 Å². The van der Waals surface area contributed by atoms with Gasteiger partial charge in [-0.05, 0) is 44.6 Å². The Hall–Kier alpha value is -1.21. The van der Waals surface area contributed by atoms with Gasteiger partial charge in [-0.3, -0.25) is 0 Å². The van der Waals surface area contributed by atoms with Crippen LogP contribution in [-0.2, 0) is 19.0 Å². The molecule has 0 unspecified atom stereocenters. The molecule has 0 bridgehead atoms. The van der Waals surface area contributed by atoms with Crippen LogP contribution in [0, 0.1) is 0 Å². The first-order valence-electron chi connectivity index (χ1n) is 13.8. The highest BCUT2D eigenvalue weighted by molar-refractivity contribution is 5.83. The van der Waals surface area contributed by atoms with Crippen LogP contribution in [0.5, 0.6) is 0 Å². The van der Waals surface area contributed by atoms with E-state index in [0.717, 1.165) is 25.7 Å². The molecule has 0 aromatic rings. The first kappa shape index (κ1) is 27.4. The molecule has 3 heterocycles. The summed E-state index contributed by atoms with van der Waals surface area (Å²) < 4.78 is 17.7. The third-order valence-corrected chi connectivity index (χ3v) is 7.23. The minimum Gasteiger partial charge on any atom is -0.456 e. The topological polar surface area (TPSA) is 85.2 Å². The molecule has 6 heteroatoms. The maximum Gasteiger partial charge on any atom is 0.330 e. The van der Waals surface area contributed by atoms with E-state index in [1.54, 1.807) is 6.08 Å². The van der Waals surface area contributed by atoms with Gasteiger partial charge < -0.3 is 24.4 Å². The van der Waals surface area contributed by atoms with E-state index in [1.807, 2.05) is 0 Å². The summed E-state index contributed by atoms with van der Waals surface area (Å²) in [5.74, 6) is -1.29. The molecule has 0 amide bonds. The number of unbranched alkanes of at least 4 members (excludes halogenated alkanes) is 9. The van der Waals surface area contributed by atoms with Crippen LogP contribution in [0.4, 0.5) is 0 Å². The van der Waals surface area contributed by atoms with Gasteiger partial charge in [0.15, 0.2) is 5.79 Å².